The van der Waals surface area contributed by atoms with Crippen LogP contribution in [0.4, 0.5) is 0 Å². The Morgan fingerprint density at radius 1 is 1.42 bits per heavy atom. The third-order valence-electron chi connectivity index (χ3n) is 3.13. The third-order valence-corrected chi connectivity index (χ3v) is 5.93. The van der Waals surface area contributed by atoms with Crippen LogP contribution in [0.25, 0.3) is 0 Å². The van der Waals surface area contributed by atoms with Crippen LogP contribution in [-0.4, -0.2) is 31.4 Å². The molecule has 0 spiro atoms. The maximum absolute atomic E-state index is 12.4. The number of nitrogens with zero attached hydrogens (tertiary/aromatic N) is 1. The van der Waals surface area contributed by atoms with Crippen LogP contribution in [0.1, 0.15) is 25.8 Å². The van der Waals surface area contributed by atoms with Crippen LogP contribution in [0.2, 0.25) is 0 Å². The van der Waals surface area contributed by atoms with Crippen LogP contribution in [-0.2, 0) is 16.6 Å². The van der Waals surface area contributed by atoms with Crippen molar-refractivity contribution in [2.24, 2.45) is 5.92 Å². The van der Waals surface area contributed by atoms with Crippen LogP contribution in [0.5, 0.6) is 0 Å². The zero-order chi connectivity index (χ0) is 14.6. The van der Waals surface area contributed by atoms with Crippen LogP contribution in [0.15, 0.2) is 27.6 Å². The number of halogens is 1. The average molecular weight is 350 g/mol. The van der Waals surface area contributed by atoms with Crippen molar-refractivity contribution in [3.05, 3.63) is 28.2 Å². The van der Waals surface area contributed by atoms with E-state index >= 15 is 0 Å². The number of aliphatic hydroxyl groups is 1. The number of hydrogen-bond donors (Lipinski definition) is 1. The molecule has 0 saturated heterocycles. The van der Waals surface area contributed by atoms with E-state index in [9.17, 15) is 8.42 Å². The predicted octanol–water partition coefficient (Wildman–Crippen LogP) is 2.61. The maximum Gasteiger partial charge on any atom is 0.243 e. The molecule has 0 radical (unpaired) electrons. The molecule has 0 aliphatic rings. The van der Waals surface area contributed by atoms with E-state index in [1.54, 1.807) is 19.2 Å². The Hall–Kier alpha value is -0.430. The van der Waals surface area contributed by atoms with Crippen molar-refractivity contribution in [1.29, 1.82) is 0 Å². The van der Waals surface area contributed by atoms with Gasteiger partial charge in [-0.15, -0.1) is 0 Å². The highest BCUT2D eigenvalue weighted by Crippen LogP contribution is 2.26. The number of benzene rings is 1. The van der Waals surface area contributed by atoms with Gasteiger partial charge in [0.05, 0.1) is 11.5 Å². The highest BCUT2D eigenvalue weighted by molar-refractivity contribution is 9.10. The average Bonchev–Trinajstić information content (AvgIpc) is 2.37. The minimum atomic E-state index is -3.49. The van der Waals surface area contributed by atoms with Gasteiger partial charge in [0.25, 0.3) is 0 Å². The lowest BCUT2D eigenvalue weighted by atomic mass is 10.1. The Kier molecular flexibility index (Phi) is 5.98. The summed E-state index contributed by atoms with van der Waals surface area (Å²) in [5.74, 6) is 0.315. The predicted molar refractivity (Wildman–Crippen MR) is 79.3 cm³/mol. The number of hydrogen-bond acceptors (Lipinski definition) is 3. The molecule has 4 nitrogen and oxygen atoms in total. The summed E-state index contributed by atoms with van der Waals surface area (Å²) in [4.78, 5) is 0.232. The lowest BCUT2D eigenvalue weighted by Crippen LogP contribution is -2.31. The van der Waals surface area contributed by atoms with E-state index in [1.165, 1.54) is 10.4 Å². The van der Waals surface area contributed by atoms with Gasteiger partial charge in [-0.3, -0.25) is 0 Å². The molecule has 0 amide bonds. The second-order valence-electron chi connectivity index (χ2n) is 4.72. The summed E-state index contributed by atoms with van der Waals surface area (Å²) in [5.41, 5.74) is 0.676. The van der Waals surface area contributed by atoms with Crippen molar-refractivity contribution in [3.63, 3.8) is 0 Å². The summed E-state index contributed by atoms with van der Waals surface area (Å²) < 4.78 is 26.7. The monoisotopic (exact) mass is 349 g/mol. The first kappa shape index (κ1) is 16.6. The first-order valence-electron chi connectivity index (χ1n) is 6.18. The molecule has 0 fully saturated rings. The van der Waals surface area contributed by atoms with E-state index in [4.69, 9.17) is 5.11 Å². The Balaban J connectivity index is 3.06. The first-order chi connectivity index (χ1) is 8.82. The molecule has 1 N–H and O–H groups in total. The topological polar surface area (TPSA) is 57.6 Å². The van der Waals surface area contributed by atoms with Crippen molar-refractivity contribution in [3.8, 4) is 0 Å². The van der Waals surface area contributed by atoms with Crippen LogP contribution in [0, 0.1) is 5.92 Å². The van der Waals surface area contributed by atoms with Gasteiger partial charge >= 0.3 is 0 Å². The molecule has 6 heteroatoms. The highest BCUT2D eigenvalue weighted by Gasteiger charge is 2.24. The minimum absolute atomic E-state index is 0.109. The molecule has 1 atom stereocenters. The fraction of sp³-hybridized carbons (Fsp3) is 0.538. The highest BCUT2D eigenvalue weighted by atomic mass is 79.9. The van der Waals surface area contributed by atoms with Gasteiger partial charge in [-0.1, -0.05) is 26.3 Å². The van der Waals surface area contributed by atoms with E-state index in [0.29, 0.717) is 22.5 Å². The molecule has 1 aromatic carbocycles. The fourth-order valence-electron chi connectivity index (χ4n) is 1.69. The van der Waals surface area contributed by atoms with Crippen molar-refractivity contribution in [1.82, 2.24) is 4.31 Å². The van der Waals surface area contributed by atoms with Crippen molar-refractivity contribution in [2.45, 2.75) is 31.8 Å². The molecular formula is C13H20BrNO3S. The fourth-order valence-corrected chi connectivity index (χ4v) is 4.06. The molecule has 0 aliphatic heterocycles. The lowest BCUT2D eigenvalue weighted by Gasteiger charge is -2.21. The van der Waals surface area contributed by atoms with Crippen LogP contribution in [0.3, 0.4) is 0 Å². The SMILES string of the molecule is CCC(C)CN(C)S(=O)(=O)c1ccc(CO)cc1Br. The Morgan fingerprint density at radius 3 is 2.53 bits per heavy atom. The minimum Gasteiger partial charge on any atom is -0.392 e. The Morgan fingerprint density at radius 2 is 2.05 bits per heavy atom. The van der Waals surface area contributed by atoms with E-state index in [2.05, 4.69) is 15.9 Å². The number of aliphatic hydroxyl groups excluding tert-OH is 1. The zero-order valence-electron chi connectivity index (χ0n) is 11.4. The number of sulfonamides is 1. The maximum atomic E-state index is 12.4. The molecule has 0 aromatic heterocycles. The summed E-state index contributed by atoms with van der Waals surface area (Å²) in [5, 5.41) is 9.04. The van der Waals surface area contributed by atoms with Crippen molar-refractivity contribution < 1.29 is 13.5 Å². The van der Waals surface area contributed by atoms with Gasteiger partial charge in [-0.25, -0.2) is 12.7 Å². The normalized spacial score (nSPS) is 13.8. The Labute approximate surface area is 123 Å². The molecular weight excluding hydrogens is 330 g/mol. The van der Waals surface area contributed by atoms with Gasteiger partial charge in [0.1, 0.15) is 0 Å². The zero-order valence-corrected chi connectivity index (χ0v) is 13.8. The molecule has 1 rings (SSSR count). The Bertz CT molecular complexity index is 531. The van der Waals surface area contributed by atoms with E-state index in [1.807, 2.05) is 13.8 Å². The van der Waals surface area contributed by atoms with E-state index in [-0.39, 0.29) is 11.5 Å². The second kappa shape index (κ2) is 6.83. The summed E-state index contributed by atoms with van der Waals surface area (Å²) in [7, 11) is -1.90. The van der Waals surface area contributed by atoms with Gasteiger partial charge < -0.3 is 5.11 Å². The number of rotatable bonds is 6. The van der Waals surface area contributed by atoms with Crippen LogP contribution >= 0.6 is 15.9 Å². The molecule has 1 unspecified atom stereocenters. The molecule has 0 heterocycles. The standard InChI is InChI=1S/C13H20BrNO3S/c1-4-10(2)8-15(3)19(17,18)13-6-5-11(9-16)7-12(13)14/h5-7,10,16H,4,8-9H2,1-3H3. The van der Waals surface area contributed by atoms with Gasteiger partial charge in [0, 0.05) is 18.1 Å². The van der Waals surface area contributed by atoms with Crippen molar-refractivity contribution >= 4 is 26.0 Å². The second-order valence-corrected chi connectivity index (χ2v) is 7.59. The summed E-state index contributed by atoms with van der Waals surface area (Å²) >= 11 is 3.26. The molecule has 0 aliphatic carbocycles. The first-order valence-corrected chi connectivity index (χ1v) is 8.41. The van der Waals surface area contributed by atoms with Crippen molar-refractivity contribution in [2.75, 3.05) is 13.6 Å². The van der Waals surface area contributed by atoms with Gasteiger partial charge in [-0.2, -0.15) is 0 Å². The smallest absolute Gasteiger partial charge is 0.243 e. The molecule has 0 saturated carbocycles. The molecule has 19 heavy (non-hydrogen) atoms. The summed E-state index contributed by atoms with van der Waals surface area (Å²) in [6.45, 7) is 4.45. The van der Waals surface area contributed by atoms with Gasteiger partial charge in [0.15, 0.2) is 0 Å². The largest absolute Gasteiger partial charge is 0.392 e. The van der Waals surface area contributed by atoms with E-state index < -0.39 is 10.0 Å². The van der Waals surface area contributed by atoms with Gasteiger partial charge in [0.2, 0.25) is 10.0 Å². The van der Waals surface area contributed by atoms with E-state index in [0.717, 1.165) is 6.42 Å². The quantitative estimate of drug-likeness (QED) is 0.858. The van der Waals surface area contributed by atoms with Gasteiger partial charge in [-0.05, 0) is 39.5 Å². The lowest BCUT2D eigenvalue weighted by molar-refractivity contribution is 0.281. The molecule has 108 valence electrons. The summed E-state index contributed by atoms with van der Waals surface area (Å²) in [6, 6.07) is 4.77. The third kappa shape index (κ3) is 4.02. The molecule has 0 bridgehead atoms. The van der Waals surface area contributed by atoms with Crippen LogP contribution < -0.4 is 0 Å². The molecule has 1 aromatic rings. The summed E-state index contributed by atoms with van der Waals surface area (Å²) in [6.07, 6.45) is 0.935.